The zero-order valence-electron chi connectivity index (χ0n) is 11.4. The Labute approximate surface area is 128 Å². The maximum Gasteiger partial charge on any atom is 0.416 e. The highest BCUT2D eigenvalue weighted by molar-refractivity contribution is 7.22. The molecule has 0 saturated heterocycles. The van der Waals surface area contributed by atoms with Gasteiger partial charge in [-0.1, -0.05) is 11.3 Å². The van der Waals surface area contributed by atoms with Gasteiger partial charge in [-0.05, 0) is 37.1 Å². The van der Waals surface area contributed by atoms with Crippen LogP contribution in [0.15, 0.2) is 30.5 Å². The van der Waals surface area contributed by atoms with Gasteiger partial charge >= 0.3 is 6.18 Å². The normalized spacial score (nSPS) is 12.0. The molecular weight excluding hydrogens is 313 g/mol. The number of benzene rings is 1. The van der Waals surface area contributed by atoms with Gasteiger partial charge in [-0.25, -0.2) is 4.98 Å². The van der Waals surface area contributed by atoms with Crippen LogP contribution in [0.1, 0.15) is 17.7 Å². The number of thiazole rings is 1. The molecule has 0 aliphatic heterocycles. The van der Waals surface area contributed by atoms with Gasteiger partial charge in [0.1, 0.15) is 0 Å². The monoisotopic (exact) mass is 326 g/mol. The van der Waals surface area contributed by atoms with Crippen LogP contribution in [0.3, 0.4) is 0 Å². The van der Waals surface area contributed by atoms with E-state index in [4.69, 9.17) is 0 Å². The van der Waals surface area contributed by atoms with Gasteiger partial charge in [0.15, 0.2) is 5.13 Å². The minimum absolute atomic E-state index is 0.371. The summed E-state index contributed by atoms with van der Waals surface area (Å²) in [5, 5.41) is 10.5. The number of halogens is 3. The summed E-state index contributed by atoms with van der Waals surface area (Å²) in [5.41, 5.74) is 0.757. The lowest BCUT2D eigenvalue weighted by molar-refractivity contribution is -0.137. The van der Waals surface area contributed by atoms with Crippen molar-refractivity contribution >= 4 is 26.7 Å². The molecule has 2 heterocycles. The number of hydrogen-bond donors (Lipinski definition) is 2. The van der Waals surface area contributed by atoms with Crippen LogP contribution in [0, 0.1) is 0 Å². The highest BCUT2D eigenvalue weighted by atomic mass is 32.1. The highest BCUT2D eigenvalue weighted by Gasteiger charge is 2.30. The number of aromatic nitrogens is 3. The number of fused-ring (bicyclic) bond motifs is 1. The van der Waals surface area contributed by atoms with Crippen molar-refractivity contribution in [2.45, 2.75) is 19.0 Å². The van der Waals surface area contributed by atoms with E-state index in [1.165, 1.54) is 17.4 Å². The highest BCUT2D eigenvalue weighted by Crippen LogP contribution is 2.33. The van der Waals surface area contributed by atoms with E-state index in [2.05, 4.69) is 20.5 Å². The quantitative estimate of drug-likeness (QED) is 0.695. The van der Waals surface area contributed by atoms with Crippen molar-refractivity contribution in [2.75, 3.05) is 11.9 Å². The number of aryl methyl sites for hydroxylation is 1. The number of H-pyrrole nitrogens is 1. The molecule has 116 valence electrons. The first-order valence-corrected chi connectivity index (χ1v) is 7.54. The largest absolute Gasteiger partial charge is 0.416 e. The fourth-order valence-corrected chi connectivity index (χ4v) is 2.95. The number of anilines is 1. The number of nitrogens with one attached hydrogen (secondary N) is 2. The standard InChI is InChI=1S/C14H13F3N4S/c15-14(16,17)9-3-4-12-11(8-9)20-13(22-12)18-6-1-2-10-5-7-19-21-10/h3-5,7-8H,1-2,6H2,(H,18,20)(H,19,21). The lowest BCUT2D eigenvalue weighted by atomic mass is 10.2. The zero-order chi connectivity index (χ0) is 15.6. The molecule has 2 aromatic heterocycles. The lowest BCUT2D eigenvalue weighted by Crippen LogP contribution is -2.04. The lowest BCUT2D eigenvalue weighted by Gasteiger charge is -2.04. The van der Waals surface area contributed by atoms with E-state index >= 15 is 0 Å². The Morgan fingerprint density at radius 1 is 1.23 bits per heavy atom. The van der Waals surface area contributed by atoms with E-state index in [1.54, 1.807) is 6.20 Å². The first-order valence-electron chi connectivity index (χ1n) is 6.72. The van der Waals surface area contributed by atoms with Crippen LogP contribution in [0.5, 0.6) is 0 Å². The molecule has 0 fully saturated rings. The second kappa shape index (κ2) is 5.96. The molecule has 0 radical (unpaired) electrons. The maximum absolute atomic E-state index is 12.7. The third kappa shape index (κ3) is 3.38. The Hall–Kier alpha value is -2.09. The molecule has 0 amide bonds. The Kier molecular flexibility index (Phi) is 4.02. The van der Waals surface area contributed by atoms with Gasteiger partial charge < -0.3 is 5.32 Å². The van der Waals surface area contributed by atoms with Gasteiger partial charge in [-0.15, -0.1) is 0 Å². The molecule has 0 bridgehead atoms. The second-order valence-electron chi connectivity index (χ2n) is 4.81. The van der Waals surface area contributed by atoms with Gasteiger partial charge in [0, 0.05) is 18.4 Å². The van der Waals surface area contributed by atoms with E-state index in [0.29, 0.717) is 17.2 Å². The molecule has 4 nitrogen and oxygen atoms in total. The number of hydrogen-bond acceptors (Lipinski definition) is 4. The van der Waals surface area contributed by atoms with Gasteiger partial charge in [-0.3, -0.25) is 5.10 Å². The third-order valence-electron chi connectivity index (χ3n) is 3.17. The van der Waals surface area contributed by atoms with Gasteiger partial charge in [0.2, 0.25) is 0 Å². The fraction of sp³-hybridized carbons (Fsp3) is 0.286. The van der Waals surface area contributed by atoms with E-state index < -0.39 is 11.7 Å². The number of rotatable bonds is 5. The first kappa shape index (κ1) is 14.8. The fourth-order valence-electron chi connectivity index (χ4n) is 2.08. The summed E-state index contributed by atoms with van der Waals surface area (Å²) in [7, 11) is 0. The van der Waals surface area contributed by atoms with Crippen LogP contribution in [-0.4, -0.2) is 21.7 Å². The summed E-state index contributed by atoms with van der Waals surface area (Å²) in [6.45, 7) is 0.699. The van der Waals surface area contributed by atoms with Crippen LogP contribution in [0.25, 0.3) is 10.2 Å². The molecule has 1 aromatic carbocycles. The van der Waals surface area contributed by atoms with Crippen LogP contribution < -0.4 is 5.32 Å². The van der Waals surface area contributed by atoms with Gasteiger partial charge in [-0.2, -0.15) is 18.3 Å². The van der Waals surface area contributed by atoms with Crippen LogP contribution >= 0.6 is 11.3 Å². The topological polar surface area (TPSA) is 53.6 Å². The predicted octanol–water partition coefficient (Wildman–Crippen LogP) is 4.08. The summed E-state index contributed by atoms with van der Waals surface area (Å²) in [6.07, 6.45) is -0.897. The van der Waals surface area contributed by atoms with Crippen molar-refractivity contribution in [3.8, 4) is 0 Å². The maximum atomic E-state index is 12.7. The average molecular weight is 326 g/mol. The number of aromatic amines is 1. The van der Waals surface area contributed by atoms with E-state index in [9.17, 15) is 13.2 Å². The molecule has 0 aliphatic carbocycles. The molecule has 8 heteroatoms. The first-order chi connectivity index (χ1) is 10.5. The third-order valence-corrected chi connectivity index (χ3v) is 4.17. The molecule has 3 aromatic rings. The zero-order valence-corrected chi connectivity index (χ0v) is 12.3. The van der Waals surface area contributed by atoms with E-state index in [-0.39, 0.29) is 0 Å². The van der Waals surface area contributed by atoms with Crippen LogP contribution in [-0.2, 0) is 12.6 Å². The van der Waals surface area contributed by atoms with Crippen molar-refractivity contribution in [2.24, 2.45) is 0 Å². The van der Waals surface area contributed by atoms with Crippen molar-refractivity contribution in [3.63, 3.8) is 0 Å². The average Bonchev–Trinajstić information content (AvgIpc) is 3.10. The number of alkyl halides is 3. The molecule has 0 saturated carbocycles. The van der Waals surface area contributed by atoms with Gasteiger partial charge in [0.05, 0.1) is 15.8 Å². The SMILES string of the molecule is FC(F)(F)c1ccc2sc(NCCCc3ccn[nH]3)nc2c1. The molecule has 3 rings (SSSR count). The summed E-state index contributed by atoms with van der Waals surface area (Å²) >= 11 is 1.35. The molecule has 2 N–H and O–H groups in total. The van der Waals surface area contributed by atoms with Crippen LogP contribution in [0.4, 0.5) is 18.3 Å². The van der Waals surface area contributed by atoms with Crippen molar-refractivity contribution in [1.82, 2.24) is 15.2 Å². The second-order valence-corrected chi connectivity index (χ2v) is 5.84. The smallest absolute Gasteiger partial charge is 0.361 e. The van der Waals surface area contributed by atoms with Gasteiger partial charge in [0.25, 0.3) is 0 Å². The minimum atomic E-state index is -4.34. The van der Waals surface area contributed by atoms with Crippen molar-refractivity contribution in [3.05, 3.63) is 41.7 Å². The Bertz CT molecular complexity index is 749. The Morgan fingerprint density at radius 2 is 2.09 bits per heavy atom. The van der Waals surface area contributed by atoms with E-state index in [0.717, 1.165) is 35.4 Å². The molecule has 0 spiro atoms. The Balaban J connectivity index is 1.62. The number of nitrogens with zero attached hydrogens (tertiary/aromatic N) is 2. The summed E-state index contributed by atoms with van der Waals surface area (Å²) in [4.78, 5) is 4.21. The molecule has 22 heavy (non-hydrogen) atoms. The molecule has 0 aliphatic rings. The molecule has 0 unspecified atom stereocenters. The minimum Gasteiger partial charge on any atom is -0.361 e. The van der Waals surface area contributed by atoms with E-state index in [1.807, 2.05) is 6.07 Å². The summed E-state index contributed by atoms with van der Waals surface area (Å²) in [5.74, 6) is 0. The van der Waals surface area contributed by atoms with Crippen molar-refractivity contribution < 1.29 is 13.2 Å². The predicted molar refractivity (Wildman–Crippen MR) is 80.0 cm³/mol. The summed E-state index contributed by atoms with van der Waals surface area (Å²) in [6, 6.07) is 5.55. The summed E-state index contributed by atoms with van der Waals surface area (Å²) < 4.78 is 38.7. The molecule has 0 atom stereocenters. The molecular formula is C14H13F3N4S. The van der Waals surface area contributed by atoms with Crippen molar-refractivity contribution in [1.29, 1.82) is 0 Å². The Morgan fingerprint density at radius 3 is 2.82 bits per heavy atom. The van der Waals surface area contributed by atoms with Crippen LogP contribution in [0.2, 0.25) is 0 Å².